The molecule has 0 bridgehead atoms. The average molecular weight is 305 g/mol. The summed E-state index contributed by atoms with van der Waals surface area (Å²) in [7, 11) is 1.63. The molecule has 0 aliphatic rings. The number of halogens is 1. The van der Waals surface area contributed by atoms with Crippen LogP contribution in [0.1, 0.15) is 12.5 Å². The number of aryl methyl sites for hydroxylation is 1. The van der Waals surface area contributed by atoms with E-state index in [2.05, 4.69) is 28.3 Å². The van der Waals surface area contributed by atoms with Gasteiger partial charge in [0, 0.05) is 5.39 Å². The van der Waals surface area contributed by atoms with Crippen molar-refractivity contribution in [2.75, 3.05) is 7.11 Å². The lowest BCUT2D eigenvalue weighted by molar-refractivity contribution is 0.415. The van der Waals surface area contributed by atoms with E-state index in [-0.39, 0.29) is 0 Å². The van der Waals surface area contributed by atoms with Gasteiger partial charge in [-0.2, -0.15) is 0 Å². The second-order valence-electron chi connectivity index (χ2n) is 4.35. The highest BCUT2D eigenvalue weighted by atomic mass is 35.5. The van der Waals surface area contributed by atoms with E-state index < -0.39 is 0 Å². The molecule has 0 spiro atoms. The third-order valence-corrected chi connectivity index (χ3v) is 4.43. The molecule has 0 amide bonds. The standard InChI is InChI=1S/C15H13ClN2OS/c1-3-9-6-7-20-13(9)15-17-12-5-4-10(19-2)8-11(12)14(16)18-15/h4-8H,3H2,1-2H3. The summed E-state index contributed by atoms with van der Waals surface area (Å²) in [5.41, 5.74) is 2.08. The topological polar surface area (TPSA) is 35.0 Å². The summed E-state index contributed by atoms with van der Waals surface area (Å²) in [5.74, 6) is 1.45. The molecule has 3 rings (SSSR count). The Labute approximate surface area is 126 Å². The third-order valence-electron chi connectivity index (χ3n) is 3.19. The number of thiophene rings is 1. The predicted octanol–water partition coefficient (Wildman–Crippen LogP) is 4.58. The van der Waals surface area contributed by atoms with Crippen LogP contribution in [-0.4, -0.2) is 17.1 Å². The summed E-state index contributed by atoms with van der Waals surface area (Å²) in [5, 5.41) is 3.33. The number of hydrogen-bond donors (Lipinski definition) is 0. The number of benzene rings is 1. The molecule has 102 valence electrons. The van der Waals surface area contributed by atoms with Crippen LogP contribution in [0, 0.1) is 0 Å². The molecule has 1 aromatic carbocycles. The Balaban J connectivity index is 2.20. The van der Waals surface area contributed by atoms with Gasteiger partial charge in [0.05, 0.1) is 17.5 Å². The highest BCUT2D eigenvalue weighted by molar-refractivity contribution is 7.13. The first-order valence-electron chi connectivity index (χ1n) is 6.31. The van der Waals surface area contributed by atoms with Gasteiger partial charge in [-0.05, 0) is 41.6 Å². The van der Waals surface area contributed by atoms with Crippen LogP contribution < -0.4 is 4.74 Å². The van der Waals surface area contributed by atoms with Crippen molar-refractivity contribution >= 4 is 33.8 Å². The lowest BCUT2D eigenvalue weighted by Gasteiger charge is -2.06. The molecule has 0 atom stereocenters. The number of methoxy groups -OCH3 is 1. The van der Waals surface area contributed by atoms with Crippen LogP contribution in [0.5, 0.6) is 5.75 Å². The molecule has 2 heterocycles. The van der Waals surface area contributed by atoms with Crippen LogP contribution in [-0.2, 0) is 6.42 Å². The number of nitrogens with zero attached hydrogens (tertiary/aromatic N) is 2. The maximum absolute atomic E-state index is 6.30. The zero-order chi connectivity index (χ0) is 14.1. The molecule has 0 unspecified atom stereocenters. The van der Waals surface area contributed by atoms with E-state index in [0.29, 0.717) is 11.0 Å². The molecule has 0 radical (unpaired) electrons. The largest absolute Gasteiger partial charge is 0.497 e. The number of fused-ring (bicyclic) bond motifs is 1. The van der Waals surface area contributed by atoms with Crippen LogP contribution in [0.25, 0.3) is 21.6 Å². The maximum atomic E-state index is 6.30. The third kappa shape index (κ3) is 2.25. The summed E-state index contributed by atoms with van der Waals surface area (Å²) in [4.78, 5) is 10.1. The van der Waals surface area contributed by atoms with Gasteiger partial charge < -0.3 is 4.74 Å². The average Bonchev–Trinajstić information content (AvgIpc) is 2.95. The molecular weight excluding hydrogens is 292 g/mol. The van der Waals surface area contributed by atoms with Crippen LogP contribution in [0.15, 0.2) is 29.6 Å². The van der Waals surface area contributed by atoms with Gasteiger partial charge in [0.1, 0.15) is 10.9 Å². The Bertz CT molecular complexity index is 770. The van der Waals surface area contributed by atoms with Gasteiger partial charge in [-0.3, -0.25) is 0 Å². The van der Waals surface area contributed by atoms with Crippen LogP contribution >= 0.6 is 22.9 Å². The van der Waals surface area contributed by atoms with Crippen LogP contribution in [0.3, 0.4) is 0 Å². The minimum Gasteiger partial charge on any atom is -0.497 e. The van der Waals surface area contributed by atoms with Crippen molar-refractivity contribution in [2.45, 2.75) is 13.3 Å². The molecule has 5 heteroatoms. The normalized spacial score (nSPS) is 10.9. The Morgan fingerprint density at radius 3 is 2.85 bits per heavy atom. The fourth-order valence-corrected chi connectivity index (χ4v) is 3.27. The van der Waals surface area contributed by atoms with Gasteiger partial charge in [0.2, 0.25) is 0 Å². The van der Waals surface area contributed by atoms with E-state index in [1.54, 1.807) is 18.4 Å². The first-order valence-corrected chi connectivity index (χ1v) is 7.56. The van der Waals surface area contributed by atoms with Gasteiger partial charge in [-0.1, -0.05) is 18.5 Å². The number of aromatic nitrogens is 2. The van der Waals surface area contributed by atoms with Crippen molar-refractivity contribution in [3.63, 3.8) is 0 Å². The molecule has 3 nitrogen and oxygen atoms in total. The van der Waals surface area contributed by atoms with Crippen molar-refractivity contribution in [1.82, 2.24) is 9.97 Å². The molecule has 2 aromatic heterocycles. The van der Waals surface area contributed by atoms with E-state index in [0.717, 1.165) is 28.0 Å². The SMILES string of the molecule is CCc1ccsc1-c1nc(Cl)c2cc(OC)ccc2n1. The summed E-state index contributed by atoms with van der Waals surface area (Å²) in [6.07, 6.45) is 0.959. The van der Waals surface area contributed by atoms with Crippen molar-refractivity contribution in [3.05, 3.63) is 40.4 Å². The number of rotatable bonds is 3. The molecule has 0 fully saturated rings. The monoisotopic (exact) mass is 304 g/mol. The lowest BCUT2D eigenvalue weighted by Crippen LogP contribution is -1.93. The maximum Gasteiger partial charge on any atom is 0.171 e. The van der Waals surface area contributed by atoms with Gasteiger partial charge in [-0.25, -0.2) is 9.97 Å². The second-order valence-corrected chi connectivity index (χ2v) is 5.62. The molecule has 0 N–H and O–H groups in total. The van der Waals surface area contributed by atoms with Gasteiger partial charge in [0.25, 0.3) is 0 Å². The second kappa shape index (κ2) is 5.38. The summed E-state index contributed by atoms with van der Waals surface area (Å²) in [6.45, 7) is 2.12. The van der Waals surface area contributed by atoms with Gasteiger partial charge in [0.15, 0.2) is 5.82 Å². The zero-order valence-electron chi connectivity index (χ0n) is 11.2. The lowest BCUT2D eigenvalue weighted by atomic mass is 10.2. The highest BCUT2D eigenvalue weighted by Gasteiger charge is 2.12. The Kier molecular flexibility index (Phi) is 3.59. The fourth-order valence-electron chi connectivity index (χ4n) is 2.11. The van der Waals surface area contributed by atoms with E-state index >= 15 is 0 Å². The molecule has 0 aliphatic carbocycles. The van der Waals surface area contributed by atoms with Crippen LogP contribution in [0.4, 0.5) is 0 Å². The molecular formula is C15H13ClN2OS. The quantitative estimate of drug-likeness (QED) is 0.664. The molecule has 20 heavy (non-hydrogen) atoms. The summed E-state index contributed by atoms with van der Waals surface area (Å²) in [6, 6.07) is 7.75. The number of ether oxygens (including phenoxy) is 1. The van der Waals surface area contributed by atoms with E-state index in [9.17, 15) is 0 Å². The summed E-state index contributed by atoms with van der Waals surface area (Å²) >= 11 is 7.95. The Hall–Kier alpha value is -1.65. The minimum atomic E-state index is 0.458. The van der Waals surface area contributed by atoms with Crippen molar-refractivity contribution in [1.29, 1.82) is 0 Å². The molecule has 0 saturated carbocycles. The Morgan fingerprint density at radius 1 is 1.25 bits per heavy atom. The van der Waals surface area contributed by atoms with E-state index in [1.165, 1.54) is 5.56 Å². The van der Waals surface area contributed by atoms with Crippen LogP contribution in [0.2, 0.25) is 5.15 Å². The zero-order valence-corrected chi connectivity index (χ0v) is 12.8. The van der Waals surface area contributed by atoms with Gasteiger partial charge >= 0.3 is 0 Å². The fraction of sp³-hybridized carbons (Fsp3) is 0.200. The van der Waals surface area contributed by atoms with Gasteiger partial charge in [-0.15, -0.1) is 11.3 Å². The minimum absolute atomic E-state index is 0.458. The molecule has 0 aliphatic heterocycles. The molecule has 0 saturated heterocycles. The first-order chi connectivity index (χ1) is 9.72. The van der Waals surface area contributed by atoms with E-state index in [4.69, 9.17) is 16.3 Å². The van der Waals surface area contributed by atoms with Crippen molar-refractivity contribution < 1.29 is 4.74 Å². The van der Waals surface area contributed by atoms with E-state index in [1.807, 2.05) is 18.2 Å². The summed E-state index contributed by atoms with van der Waals surface area (Å²) < 4.78 is 5.20. The highest BCUT2D eigenvalue weighted by Crippen LogP contribution is 2.32. The Morgan fingerprint density at radius 2 is 2.10 bits per heavy atom. The predicted molar refractivity (Wildman–Crippen MR) is 83.8 cm³/mol. The van der Waals surface area contributed by atoms with Crippen molar-refractivity contribution in [2.24, 2.45) is 0 Å². The smallest absolute Gasteiger partial charge is 0.171 e. The first kappa shape index (κ1) is 13.3. The number of hydrogen-bond acceptors (Lipinski definition) is 4. The molecule has 3 aromatic rings. The van der Waals surface area contributed by atoms with Crippen molar-refractivity contribution in [3.8, 4) is 16.5 Å².